The van der Waals surface area contributed by atoms with Crippen LogP contribution >= 0.6 is 0 Å². The Bertz CT molecular complexity index is 147. The summed E-state index contributed by atoms with van der Waals surface area (Å²) in [4.78, 5) is 0. The van der Waals surface area contributed by atoms with Gasteiger partial charge in [0.05, 0.1) is 0 Å². The van der Waals surface area contributed by atoms with E-state index in [4.69, 9.17) is 0 Å². The van der Waals surface area contributed by atoms with Crippen LogP contribution in [0.5, 0.6) is 0 Å². The maximum atomic E-state index is 10.3. The Hall–Kier alpha value is 0.166. The van der Waals surface area contributed by atoms with Crippen molar-refractivity contribution in [3.8, 4) is 0 Å². The van der Waals surface area contributed by atoms with E-state index >= 15 is 0 Å². The zero-order valence-electron chi connectivity index (χ0n) is 9.12. The van der Waals surface area contributed by atoms with Gasteiger partial charge in [-0.1, -0.05) is 0 Å². The first kappa shape index (κ1) is 18.9. The molecule has 0 rings (SSSR count). The van der Waals surface area contributed by atoms with Crippen molar-refractivity contribution < 1.29 is 26.3 Å². The molecule has 0 saturated carbocycles. The summed E-state index contributed by atoms with van der Waals surface area (Å²) < 4.78 is 23.9. The Morgan fingerprint density at radius 3 is 0.846 bits per heavy atom. The fraction of sp³-hybridized carbons (Fsp3) is 1.00. The van der Waals surface area contributed by atoms with E-state index in [9.17, 15) is 8.92 Å². The topological polar surface area (TPSA) is 40.6 Å². The van der Waals surface area contributed by atoms with Gasteiger partial charge in [0.2, 0.25) is 0 Å². The van der Waals surface area contributed by atoms with E-state index in [-0.39, 0.29) is 17.4 Å². The Kier molecular flexibility index (Phi) is 14.9. The molecular weight excluding hydrogens is 240 g/mol. The first-order chi connectivity index (χ1) is 5.29. The summed E-state index contributed by atoms with van der Waals surface area (Å²) in [7, 11) is 4.49. The third-order valence-electron chi connectivity index (χ3n) is 1.26. The molecule has 0 radical (unpaired) electrons. The van der Waals surface area contributed by atoms with Gasteiger partial charge in [0.1, 0.15) is 0 Å². The minimum atomic E-state index is -1.37. The second-order valence-corrected chi connectivity index (χ2v) is 6.69. The van der Waals surface area contributed by atoms with Gasteiger partial charge in [0.15, 0.2) is 0 Å². The van der Waals surface area contributed by atoms with Crippen LogP contribution in [0.1, 0.15) is 0 Å². The van der Waals surface area contributed by atoms with Gasteiger partial charge in [-0.05, 0) is 41.3 Å². The molecule has 0 aromatic rings. The zero-order chi connectivity index (χ0) is 10.3. The Morgan fingerprint density at radius 2 is 0.846 bits per heavy atom. The average Bonchev–Trinajstić information content (AvgIpc) is 1.88. The molecule has 4 nitrogen and oxygen atoms in total. The smallest absolute Gasteiger partial charge is 0.383 e. The summed E-state index contributed by atoms with van der Waals surface area (Å²) in [6, 6.07) is 0. The van der Waals surface area contributed by atoms with Crippen molar-refractivity contribution in [1.82, 2.24) is 9.13 Å². The molecular formula is C6H18CrN2O2Si2. The van der Waals surface area contributed by atoms with E-state index in [0.29, 0.717) is 0 Å². The normalized spacial score (nSPS) is 7.23. The Balaban J connectivity index is -0.000000143. The minimum Gasteiger partial charge on any atom is -0.383 e. The van der Waals surface area contributed by atoms with Crippen molar-refractivity contribution in [2.75, 3.05) is 28.2 Å². The summed E-state index contributed by atoms with van der Waals surface area (Å²) >= 11 is 0. The van der Waals surface area contributed by atoms with Crippen molar-refractivity contribution in [2.45, 2.75) is 13.1 Å². The predicted molar refractivity (Wildman–Crippen MR) is 52.0 cm³/mol. The van der Waals surface area contributed by atoms with Crippen LogP contribution in [0, 0.1) is 0 Å². The first-order valence-electron chi connectivity index (χ1n) is 3.64. The van der Waals surface area contributed by atoms with Gasteiger partial charge in [-0.25, -0.2) is 0 Å². The molecule has 0 aliphatic heterocycles. The fourth-order valence-electron chi connectivity index (χ4n) is 0. The second kappa shape index (κ2) is 10.2. The number of hydrogen-bond donors (Lipinski definition) is 0. The monoisotopic (exact) mass is 258 g/mol. The molecule has 13 heavy (non-hydrogen) atoms. The number of hydrogen-bond acceptors (Lipinski definition) is 2. The molecule has 0 aliphatic carbocycles. The molecule has 0 spiro atoms. The van der Waals surface area contributed by atoms with Gasteiger partial charge in [-0.15, -0.1) is 0 Å². The van der Waals surface area contributed by atoms with E-state index in [2.05, 4.69) is 0 Å². The Morgan fingerprint density at radius 1 is 0.769 bits per heavy atom. The van der Waals surface area contributed by atoms with Crippen molar-refractivity contribution in [1.29, 1.82) is 0 Å². The van der Waals surface area contributed by atoms with Crippen molar-refractivity contribution in [2.24, 2.45) is 0 Å². The maximum Gasteiger partial charge on any atom is 0.390 e. The maximum absolute atomic E-state index is 10.3. The summed E-state index contributed by atoms with van der Waals surface area (Å²) in [5.41, 5.74) is 0. The van der Waals surface area contributed by atoms with Crippen molar-refractivity contribution in [3.05, 3.63) is 0 Å². The SMILES string of the molecule is CN(C)[Si](C)=O.CN(C)[Si](C)=O.[Cr]. The van der Waals surface area contributed by atoms with Crippen LogP contribution in [0.25, 0.3) is 0 Å². The van der Waals surface area contributed by atoms with Crippen molar-refractivity contribution in [3.63, 3.8) is 0 Å². The number of rotatable bonds is 2. The van der Waals surface area contributed by atoms with E-state index in [1.54, 1.807) is 50.4 Å². The van der Waals surface area contributed by atoms with Crippen LogP contribution in [-0.4, -0.2) is 55.0 Å². The second-order valence-electron chi connectivity index (χ2n) is 2.83. The molecule has 0 aromatic carbocycles. The first-order valence-corrected chi connectivity index (χ1v) is 7.36. The van der Waals surface area contributed by atoms with Gasteiger partial charge >= 0.3 is 17.7 Å². The van der Waals surface area contributed by atoms with Crippen molar-refractivity contribution >= 4 is 17.7 Å². The molecule has 0 atom stereocenters. The molecule has 0 bridgehead atoms. The molecule has 7 heteroatoms. The molecule has 0 saturated heterocycles. The van der Waals surface area contributed by atoms with Gasteiger partial charge in [-0.3, -0.25) is 0 Å². The van der Waals surface area contributed by atoms with Crippen LogP contribution in [0.15, 0.2) is 0 Å². The Labute approximate surface area is 94.5 Å². The number of nitrogens with zero attached hydrogens (tertiary/aromatic N) is 2. The summed E-state index contributed by atoms with van der Waals surface area (Å²) in [6.45, 7) is 3.43. The standard InChI is InChI=1S/2C3H9NOSi.Cr/c2*1-4(2)6(3)5;/h2*1-3H3;. The summed E-state index contributed by atoms with van der Waals surface area (Å²) in [5, 5.41) is 0. The molecule has 0 heterocycles. The van der Waals surface area contributed by atoms with E-state index in [1.165, 1.54) is 0 Å². The van der Waals surface area contributed by atoms with Gasteiger partial charge < -0.3 is 18.1 Å². The average molecular weight is 258 g/mol. The van der Waals surface area contributed by atoms with Gasteiger partial charge in [0.25, 0.3) is 0 Å². The van der Waals surface area contributed by atoms with Crippen LogP contribution < -0.4 is 0 Å². The third kappa shape index (κ3) is 18.9. The molecule has 0 N–H and O–H groups in total. The van der Waals surface area contributed by atoms with E-state index in [1.807, 2.05) is 0 Å². The van der Waals surface area contributed by atoms with Crippen LogP contribution in [0.2, 0.25) is 13.1 Å². The predicted octanol–water partition coefficient (Wildman–Crippen LogP) is 0.191. The van der Waals surface area contributed by atoms with Crippen LogP contribution in [0.3, 0.4) is 0 Å². The molecule has 0 aliphatic rings. The van der Waals surface area contributed by atoms with Gasteiger partial charge in [-0.2, -0.15) is 0 Å². The quantitative estimate of drug-likeness (QED) is 0.663. The largest absolute Gasteiger partial charge is 0.390 e. The molecule has 0 unspecified atom stereocenters. The van der Waals surface area contributed by atoms with E-state index < -0.39 is 17.7 Å². The fourth-order valence-corrected chi connectivity index (χ4v) is 0. The van der Waals surface area contributed by atoms with Crippen LogP contribution in [0.4, 0.5) is 0 Å². The minimum absolute atomic E-state index is 0. The van der Waals surface area contributed by atoms with Crippen LogP contribution in [-0.2, 0) is 26.3 Å². The van der Waals surface area contributed by atoms with E-state index in [0.717, 1.165) is 0 Å². The summed E-state index contributed by atoms with van der Waals surface area (Å²) in [6.07, 6.45) is 0. The third-order valence-corrected chi connectivity index (χ3v) is 3.78. The van der Waals surface area contributed by atoms with Gasteiger partial charge in [0, 0.05) is 17.4 Å². The molecule has 0 fully saturated rings. The molecule has 0 amide bonds. The molecule has 0 aromatic heterocycles. The summed E-state index contributed by atoms with van der Waals surface area (Å²) in [5.74, 6) is 0. The molecule has 78 valence electrons. The zero-order valence-corrected chi connectivity index (χ0v) is 12.4.